The molecule has 2 unspecified atom stereocenters. The first-order valence-corrected chi connectivity index (χ1v) is 10.4. The van der Waals surface area contributed by atoms with Gasteiger partial charge in [0.2, 0.25) is 5.13 Å². The second kappa shape index (κ2) is 8.45. The van der Waals surface area contributed by atoms with E-state index in [0.29, 0.717) is 16.0 Å². The molecule has 2 atom stereocenters. The van der Waals surface area contributed by atoms with E-state index in [2.05, 4.69) is 15.5 Å². The maximum absolute atomic E-state index is 12.8. The van der Waals surface area contributed by atoms with E-state index in [1.807, 2.05) is 0 Å². The number of rotatable bonds is 7. The van der Waals surface area contributed by atoms with Gasteiger partial charge in [-0.25, -0.2) is 4.79 Å². The summed E-state index contributed by atoms with van der Waals surface area (Å²) in [5.41, 5.74) is 4.39. The number of carbonyl (C=O) groups is 1. The Morgan fingerprint density at radius 3 is 2.82 bits per heavy atom. The summed E-state index contributed by atoms with van der Waals surface area (Å²) in [5.74, 6) is -0.593. The summed E-state index contributed by atoms with van der Waals surface area (Å²) in [7, 11) is 2.73. The lowest BCUT2D eigenvalue weighted by atomic mass is 10.1. The Morgan fingerprint density at radius 1 is 1.39 bits per heavy atom. The van der Waals surface area contributed by atoms with Crippen LogP contribution in [-0.4, -0.2) is 49.6 Å². The molecule has 3 rings (SSSR count). The van der Waals surface area contributed by atoms with Gasteiger partial charge in [-0.2, -0.15) is 0 Å². The van der Waals surface area contributed by atoms with Crippen LogP contribution < -0.4 is 22.3 Å². The third kappa shape index (κ3) is 4.13. The van der Waals surface area contributed by atoms with Crippen molar-refractivity contribution in [2.45, 2.75) is 35.5 Å². The number of thioether (sulfide) groups is 1. The number of carbonyl (C=O) groups excluding carboxylic acids is 1. The van der Waals surface area contributed by atoms with Crippen LogP contribution in [0.25, 0.3) is 0 Å². The van der Waals surface area contributed by atoms with Crippen molar-refractivity contribution in [1.29, 1.82) is 0 Å². The number of nitrogens with two attached hydrogens (primary N) is 1. The molecule has 2 aromatic rings. The van der Waals surface area contributed by atoms with Crippen molar-refractivity contribution in [2.75, 3.05) is 24.2 Å². The summed E-state index contributed by atoms with van der Waals surface area (Å²) in [5, 5.41) is 11.4. The molecule has 1 aliphatic heterocycles. The van der Waals surface area contributed by atoms with Gasteiger partial charge in [-0.05, 0) is 19.8 Å². The summed E-state index contributed by atoms with van der Waals surface area (Å²) in [6.45, 7) is 3.12. The molecule has 0 spiro atoms. The topological polar surface area (TPSA) is 134 Å². The Balaban J connectivity index is 1.70. The van der Waals surface area contributed by atoms with Gasteiger partial charge in [0.1, 0.15) is 11.4 Å². The molecular weight excluding hydrogens is 404 g/mol. The third-order valence-electron chi connectivity index (χ3n) is 4.51. The highest BCUT2D eigenvalue weighted by atomic mass is 32.2. The van der Waals surface area contributed by atoms with Gasteiger partial charge in [0.05, 0.1) is 11.4 Å². The van der Waals surface area contributed by atoms with E-state index in [1.165, 1.54) is 37.2 Å². The van der Waals surface area contributed by atoms with Crippen molar-refractivity contribution in [3.8, 4) is 0 Å². The molecule has 1 fully saturated rings. The Hall–Kier alpha value is -2.18. The number of anilines is 2. The highest BCUT2D eigenvalue weighted by molar-refractivity contribution is 8.02. The highest BCUT2D eigenvalue weighted by Gasteiger charge is 2.26. The first-order valence-electron chi connectivity index (χ1n) is 8.75. The molecule has 0 saturated carbocycles. The standard InChI is InChI=1S/C16H22N6O4S2/c1-8(11(23)10-12(17)21(2)16(25)22(3)13(10)24)27-15-20-19-14(28-15)18-7-9-5-4-6-26-9/h8-9H,4-7,17H2,1-3H3,(H,18,19). The van der Waals surface area contributed by atoms with Crippen LogP contribution in [0.15, 0.2) is 13.9 Å². The molecule has 1 aliphatic rings. The lowest BCUT2D eigenvalue weighted by Crippen LogP contribution is -2.42. The van der Waals surface area contributed by atoms with E-state index < -0.39 is 22.3 Å². The number of nitrogens with one attached hydrogen (secondary N) is 1. The molecule has 0 amide bonds. The third-order valence-corrected chi connectivity index (χ3v) is 6.58. The van der Waals surface area contributed by atoms with E-state index in [4.69, 9.17) is 10.5 Å². The van der Waals surface area contributed by atoms with Crippen LogP contribution in [0.4, 0.5) is 10.9 Å². The van der Waals surface area contributed by atoms with E-state index in [1.54, 1.807) is 6.92 Å². The van der Waals surface area contributed by atoms with Crippen LogP contribution in [0, 0.1) is 0 Å². The van der Waals surface area contributed by atoms with Crippen molar-refractivity contribution < 1.29 is 9.53 Å². The van der Waals surface area contributed by atoms with Crippen molar-refractivity contribution >= 4 is 39.8 Å². The SMILES string of the molecule is CC(Sc1nnc(NCC2CCCO2)s1)C(=O)c1c(N)n(C)c(=O)n(C)c1=O. The Bertz CT molecular complexity index is 992. The average molecular weight is 427 g/mol. The maximum Gasteiger partial charge on any atom is 0.332 e. The van der Waals surface area contributed by atoms with Gasteiger partial charge in [0, 0.05) is 27.2 Å². The fourth-order valence-electron chi connectivity index (χ4n) is 2.83. The molecule has 152 valence electrons. The second-order valence-electron chi connectivity index (χ2n) is 6.48. The van der Waals surface area contributed by atoms with E-state index >= 15 is 0 Å². The van der Waals surface area contributed by atoms with Gasteiger partial charge in [-0.15, -0.1) is 10.2 Å². The second-order valence-corrected chi connectivity index (χ2v) is 9.04. The Labute approximate surface area is 169 Å². The zero-order valence-electron chi connectivity index (χ0n) is 15.8. The zero-order valence-corrected chi connectivity index (χ0v) is 17.4. The Kier molecular flexibility index (Phi) is 6.20. The van der Waals surface area contributed by atoms with Crippen molar-refractivity contribution in [2.24, 2.45) is 14.1 Å². The highest BCUT2D eigenvalue weighted by Crippen LogP contribution is 2.30. The summed E-state index contributed by atoms with van der Waals surface area (Å²) < 4.78 is 8.11. The predicted octanol–water partition coefficient (Wildman–Crippen LogP) is 0.472. The maximum atomic E-state index is 12.8. The molecule has 28 heavy (non-hydrogen) atoms. The average Bonchev–Trinajstić information content (AvgIpc) is 3.35. The summed E-state index contributed by atoms with van der Waals surface area (Å²) in [4.78, 5) is 37.1. The minimum Gasteiger partial charge on any atom is -0.384 e. The normalized spacial score (nSPS) is 17.6. The summed E-state index contributed by atoms with van der Waals surface area (Å²) in [6, 6.07) is 0. The molecule has 12 heteroatoms. The Morgan fingerprint density at radius 2 is 2.14 bits per heavy atom. The number of ketones is 1. The lowest BCUT2D eigenvalue weighted by molar-refractivity contribution is 0.0992. The van der Waals surface area contributed by atoms with Crippen molar-refractivity contribution in [1.82, 2.24) is 19.3 Å². The molecule has 10 nitrogen and oxygen atoms in total. The number of hydrogen-bond donors (Lipinski definition) is 2. The molecule has 0 bridgehead atoms. The molecule has 0 aliphatic carbocycles. The van der Waals surface area contributed by atoms with Gasteiger partial charge in [-0.3, -0.25) is 18.7 Å². The molecule has 0 aromatic carbocycles. The lowest BCUT2D eigenvalue weighted by Gasteiger charge is -2.13. The van der Waals surface area contributed by atoms with Gasteiger partial charge in [-0.1, -0.05) is 23.1 Å². The molecule has 1 saturated heterocycles. The minimum atomic E-state index is -0.700. The molecule has 2 aromatic heterocycles. The van der Waals surface area contributed by atoms with Gasteiger partial charge >= 0.3 is 5.69 Å². The van der Waals surface area contributed by atoms with E-state index in [9.17, 15) is 14.4 Å². The predicted molar refractivity (Wildman–Crippen MR) is 108 cm³/mol. The van der Waals surface area contributed by atoms with Gasteiger partial charge < -0.3 is 15.8 Å². The minimum absolute atomic E-state index is 0.137. The first-order chi connectivity index (χ1) is 13.3. The monoisotopic (exact) mass is 426 g/mol. The van der Waals surface area contributed by atoms with Crippen LogP contribution in [0.2, 0.25) is 0 Å². The van der Waals surface area contributed by atoms with Crippen molar-refractivity contribution in [3.05, 3.63) is 26.4 Å². The smallest absolute Gasteiger partial charge is 0.332 e. The van der Waals surface area contributed by atoms with E-state index in [-0.39, 0.29) is 17.5 Å². The van der Waals surface area contributed by atoms with E-state index in [0.717, 1.165) is 28.6 Å². The first kappa shape index (κ1) is 20.6. The van der Waals surface area contributed by atoms with Crippen LogP contribution in [0.5, 0.6) is 0 Å². The number of hydrogen-bond acceptors (Lipinski definition) is 10. The number of Topliss-reactive ketones (excluding diaryl/α,β-unsaturated/α-hetero) is 1. The van der Waals surface area contributed by atoms with Crippen LogP contribution in [0.3, 0.4) is 0 Å². The van der Waals surface area contributed by atoms with Crippen LogP contribution >= 0.6 is 23.1 Å². The van der Waals surface area contributed by atoms with Gasteiger partial charge in [0.25, 0.3) is 5.56 Å². The van der Waals surface area contributed by atoms with Gasteiger partial charge in [0.15, 0.2) is 10.1 Å². The number of nitrogens with zero attached hydrogens (tertiary/aromatic N) is 4. The zero-order chi connectivity index (χ0) is 20.4. The number of nitrogen functional groups attached to an aromatic ring is 1. The van der Waals surface area contributed by atoms with Crippen LogP contribution in [0.1, 0.15) is 30.1 Å². The molecule has 0 radical (unpaired) electrons. The number of aromatic nitrogens is 4. The fourth-order valence-corrected chi connectivity index (χ4v) is 4.80. The van der Waals surface area contributed by atoms with Crippen molar-refractivity contribution in [3.63, 3.8) is 0 Å². The summed E-state index contributed by atoms with van der Waals surface area (Å²) >= 11 is 2.52. The van der Waals surface area contributed by atoms with Crippen LogP contribution in [-0.2, 0) is 18.8 Å². The molecule has 3 heterocycles. The summed E-state index contributed by atoms with van der Waals surface area (Å²) in [6.07, 6.45) is 2.27. The molecule has 3 N–H and O–H groups in total. The quantitative estimate of drug-likeness (QED) is 0.478. The molecular formula is C16H22N6O4S2. The number of ether oxygens (including phenoxy) is 1. The fraction of sp³-hybridized carbons (Fsp3) is 0.562. The largest absolute Gasteiger partial charge is 0.384 e.